The third kappa shape index (κ3) is 5.58. The lowest BCUT2D eigenvalue weighted by molar-refractivity contribution is -0.132. The van der Waals surface area contributed by atoms with Crippen LogP contribution in [0.3, 0.4) is 0 Å². The van der Waals surface area contributed by atoms with Crippen LogP contribution in [0.1, 0.15) is 11.1 Å². The van der Waals surface area contributed by atoms with Crippen LogP contribution >= 0.6 is 0 Å². The Bertz CT molecular complexity index is 821. The number of amides is 1. The summed E-state index contributed by atoms with van der Waals surface area (Å²) < 4.78 is 0. The van der Waals surface area contributed by atoms with E-state index in [4.69, 9.17) is 0 Å². The third-order valence-corrected chi connectivity index (χ3v) is 4.57. The van der Waals surface area contributed by atoms with Crippen LogP contribution < -0.4 is 5.32 Å². The second kappa shape index (κ2) is 10.1. The number of rotatable bonds is 9. The smallest absolute Gasteiger partial charge is 0.245 e. The van der Waals surface area contributed by atoms with E-state index in [0.717, 1.165) is 16.8 Å². The van der Waals surface area contributed by atoms with Crippen LogP contribution in [0, 0.1) is 0 Å². The monoisotopic (exact) mass is 370 g/mol. The van der Waals surface area contributed by atoms with Crippen molar-refractivity contribution in [2.75, 3.05) is 11.9 Å². The number of benzene rings is 3. The number of nitrogens with one attached hydrogen (secondary N) is 1. The molecule has 0 spiro atoms. The highest BCUT2D eigenvalue weighted by molar-refractivity contribution is 5.85. The van der Waals surface area contributed by atoms with Gasteiger partial charge in [0.15, 0.2) is 0 Å². The molecule has 0 aliphatic heterocycles. The fourth-order valence-corrected chi connectivity index (χ4v) is 3.20. The first kappa shape index (κ1) is 19.4. The number of carbonyl (C=O) groups is 1. The highest BCUT2D eigenvalue weighted by Crippen LogP contribution is 2.15. The molecule has 3 aromatic rings. The summed E-state index contributed by atoms with van der Waals surface area (Å²) in [6.45, 7) is 4.91. The molecule has 3 rings (SSSR count). The number of hydrogen-bond acceptors (Lipinski definition) is 2. The number of anilines is 1. The lowest BCUT2D eigenvalue weighted by atomic mass is 10.0. The van der Waals surface area contributed by atoms with Gasteiger partial charge in [0.05, 0.1) is 0 Å². The van der Waals surface area contributed by atoms with Gasteiger partial charge in [-0.2, -0.15) is 0 Å². The summed E-state index contributed by atoms with van der Waals surface area (Å²) in [4.78, 5) is 15.3. The summed E-state index contributed by atoms with van der Waals surface area (Å²) in [5.41, 5.74) is 3.17. The minimum atomic E-state index is -0.353. The molecule has 1 N–H and O–H groups in total. The van der Waals surface area contributed by atoms with E-state index in [1.165, 1.54) is 0 Å². The maximum absolute atomic E-state index is 13.5. The molecular weight excluding hydrogens is 344 g/mol. The zero-order chi connectivity index (χ0) is 19.6. The zero-order valence-electron chi connectivity index (χ0n) is 16.0. The standard InChI is InChI=1S/C25H26N2O/c1-2-18-27(20-22-14-8-4-9-15-22)25(28)24(19-21-12-6-3-7-13-21)26-23-16-10-5-11-17-23/h2-17,24,26H,1,18-20H2/t24-/m0/s1. The van der Waals surface area contributed by atoms with E-state index in [1.54, 1.807) is 6.08 Å². The molecule has 0 saturated heterocycles. The van der Waals surface area contributed by atoms with Crippen LogP contribution in [-0.2, 0) is 17.8 Å². The Morgan fingerprint density at radius 1 is 0.857 bits per heavy atom. The molecule has 0 saturated carbocycles. The van der Waals surface area contributed by atoms with E-state index in [0.29, 0.717) is 19.5 Å². The Balaban J connectivity index is 1.82. The molecule has 142 valence electrons. The fourth-order valence-electron chi connectivity index (χ4n) is 3.20. The van der Waals surface area contributed by atoms with E-state index in [-0.39, 0.29) is 11.9 Å². The molecule has 0 bridgehead atoms. The third-order valence-electron chi connectivity index (χ3n) is 4.57. The van der Waals surface area contributed by atoms with Gasteiger partial charge in [0.25, 0.3) is 0 Å². The topological polar surface area (TPSA) is 32.3 Å². The number of carbonyl (C=O) groups excluding carboxylic acids is 1. The van der Waals surface area contributed by atoms with Crippen LogP contribution in [0.5, 0.6) is 0 Å². The first-order chi connectivity index (χ1) is 13.8. The summed E-state index contributed by atoms with van der Waals surface area (Å²) in [6, 6.07) is 29.7. The Labute approximate surface area is 167 Å². The van der Waals surface area contributed by atoms with Crippen molar-refractivity contribution in [3.8, 4) is 0 Å². The number of nitrogens with zero attached hydrogens (tertiary/aromatic N) is 1. The molecule has 3 nitrogen and oxygen atoms in total. The van der Waals surface area contributed by atoms with Gasteiger partial charge >= 0.3 is 0 Å². The molecule has 28 heavy (non-hydrogen) atoms. The van der Waals surface area contributed by atoms with E-state index in [9.17, 15) is 4.79 Å². The maximum atomic E-state index is 13.5. The van der Waals surface area contributed by atoms with E-state index in [1.807, 2.05) is 83.8 Å². The molecule has 0 aromatic heterocycles. The van der Waals surface area contributed by atoms with Crippen molar-refractivity contribution in [3.63, 3.8) is 0 Å². The van der Waals surface area contributed by atoms with Gasteiger partial charge in [0, 0.05) is 25.2 Å². The van der Waals surface area contributed by atoms with Gasteiger partial charge in [-0.25, -0.2) is 0 Å². The largest absolute Gasteiger partial charge is 0.373 e. The first-order valence-corrected chi connectivity index (χ1v) is 9.55. The van der Waals surface area contributed by atoms with Gasteiger partial charge in [0.2, 0.25) is 5.91 Å². The molecule has 0 fully saturated rings. The minimum absolute atomic E-state index is 0.0662. The highest BCUT2D eigenvalue weighted by Gasteiger charge is 2.24. The predicted molar refractivity (Wildman–Crippen MR) is 116 cm³/mol. The molecule has 0 radical (unpaired) electrons. The van der Waals surface area contributed by atoms with Crippen molar-refractivity contribution in [1.82, 2.24) is 4.90 Å². The normalized spacial score (nSPS) is 11.4. The predicted octanol–water partition coefficient (Wildman–Crippen LogP) is 4.92. The van der Waals surface area contributed by atoms with Gasteiger partial charge in [0.1, 0.15) is 6.04 Å². The van der Waals surface area contributed by atoms with Crippen LogP contribution in [0.2, 0.25) is 0 Å². The molecule has 1 amide bonds. The summed E-state index contributed by atoms with van der Waals surface area (Å²) in [5.74, 6) is 0.0662. The van der Waals surface area contributed by atoms with Crippen molar-refractivity contribution in [1.29, 1.82) is 0 Å². The molecule has 0 aliphatic carbocycles. The van der Waals surface area contributed by atoms with Crippen LogP contribution in [0.15, 0.2) is 104 Å². The average Bonchev–Trinajstić information content (AvgIpc) is 2.75. The first-order valence-electron chi connectivity index (χ1n) is 9.55. The summed E-state index contributed by atoms with van der Waals surface area (Å²) in [5, 5.41) is 3.43. The Hall–Kier alpha value is -3.33. The van der Waals surface area contributed by atoms with Gasteiger partial charge < -0.3 is 10.2 Å². The molecule has 3 heteroatoms. The van der Waals surface area contributed by atoms with Crippen molar-refractivity contribution >= 4 is 11.6 Å². The minimum Gasteiger partial charge on any atom is -0.373 e. The lowest BCUT2D eigenvalue weighted by Crippen LogP contribution is -2.44. The van der Waals surface area contributed by atoms with Crippen molar-refractivity contribution in [2.24, 2.45) is 0 Å². The SMILES string of the molecule is C=CCN(Cc1ccccc1)C(=O)[C@H](Cc1ccccc1)Nc1ccccc1. The van der Waals surface area contributed by atoms with Crippen LogP contribution in [0.4, 0.5) is 5.69 Å². The fraction of sp³-hybridized carbons (Fsp3) is 0.160. The number of hydrogen-bond donors (Lipinski definition) is 1. The number of para-hydroxylation sites is 1. The van der Waals surface area contributed by atoms with Gasteiger partial charge in [-0.05, 0) is 23.3 Å². The van der Waals surface area contributed by atoms with Gasteiger partial charge in [-0.3, -0.25) is 4.79 Å². The quantitative estimate of drug-likeness (QED) is 0.542. The molecule has 3 aromatic carbocycles. The molecule has 0 unspecified atom stereocenters. The van der Waals surface area contributed by atoms with Gasteiger partial charge in [-0.1, -0.05) is 84.9 Å². The van der Waals surface area contributed by atoms with Crippen molar-refractivity contribution in [2.45, 2.75) is 19.0 Å². The zero-order valence-corrected chi connectivity index (χ0v) is 16.0. The maximum Gasteiger partial charge on any atom is 0.245 e. The molecule has 0 heterocycles. The van der Waals surface area contributed by atoms with Crippen molar-refractivity contribution < 1.29 is 4.79 Å². The second-order valence-electron chi connectivity index (χ2n) is 6.75. The molecule has 1 atom stereocenters. The van der Waals surface area contributed by atoms with Gasteiger partial charge in [-0.15, -0.1) is 6.58 Å². The summed E-state index contributed by atoms with van der Waals surface area (Å²) in [7, 11) is 0. The highest BCUT2D eigenvalue weighted by atomic mass is 16.2. The average molecular weight is 370 g/mol. The Morgan fingerprint density at radius 2 is 1.39 bits per heavy atom. The van der Waals surface area contributed by atoms with Crippen molar-refractivity contribution in [3.05, 3.63) is 115 Å². The molecule has 0 aliphatic rings. The Morgan fingerprint density at radius 3 is 1.96 bits per heavy atom. The summed E-state index contributed by atoms with van der Waals surface area (Å²) >= 11 is 0. The van der Waals surface area contributed by atoms with Crippen LogP contribution in [-0.4, -0.2) is 23.4 Å². The lowest BCUT2D eigenvalue weighted by Gasteiger charge is -2.28. The van der Waals surface area contributed by atoms with E-state index in [2.05, 4.69) is 24.0 Å². The van der Waals surface area contributed by atoms with E-state index >= 15 is 0 Å². The Kier molecular flexibility index (Phi) is 7.02. The van der Waals surface area contributed by atoms with E-state index < -0.39 is 0 Å². The second-order valence-corrected chi connectivity index (χ2v) is 6.75. The molecular formula is C25H26N2O. The summed E-state index contributed by atoms with van der Waals surface area (Å²) in [6.07, 6.45) is 2.40. The van der Waals surface area contributed by atoms with Crippen LogP contribution in [0.25, 0.3) is 0 Å².